The van der Waals surface area contributed by atoms with E-state index in [0.717, 1.165) is 6.54 Å². The highest BCUT2D eigenvalue weighted by molar-refractivity contribution is 7.89. The fraction of sp³-hybridized carbons (Fsp3) is 0.545. The summed E-state index contributed by atoms with van der Waals surface area (Å²) in [5.74, 6) is 0.196. The predicted molar refractivity (Wildman–Crippen MR) is 72.3 cm³/mol. The Morgan fingerprint density at radius 3 is 2.61 bits per heavy atom. The first kappa shape index (κ1) is 15.4. The van der Waals surface area contributed by atoms with E-state index in [1.54, 1.807) is 13.0 Å². The van der Waals surface area contributed by atoms with Gasteiger partial charge in [0, 0.05) is 12.2 Å². The molecule has 1 heterocycles. The zero-order valence-electron chi connectivity index (χ0n) is 10.7. The van der Waals surface area contributed by atoms with Crippen LogP contribution in [0.3, 0.4) is 0 Å². The Hall–Kier alpha value is -0.690. The summed E-state index contributed by atoms with van der Waals surface area (Å²) in [4.78, 5) is 3.96. The van der Waals surface area contributed by atoms with Gasteiger partial charge in [-0.05, 0) is 38.6 Å². The molecular weight excluding hydrogens is 274 g/mol. The van der Waals surface area contributed by atoms with Crippen LogP contribution in [0.15, 0.2) is 17.0 Å². The SMILES string of the molecule is CNC[C@@H](C)CNS(=O)(=O)c1ccc(C)nc1Cl. The average molecular weight is 292 g/mol. The van der Waals surface area contributed by atoms with Crippen molar-refractivity contribution >= 4 is 21.6 Å². The van der Waals surface area contributed by atoms with Crippen LogP contribution in [-0.4, -0.2) is 33.5 Å². The number of hydrogen-bond acceptors (Lipinski definition) is 4. The first-order valence-electron chi connectivity index (χ1n) is 5.64. The van der Waals surface area contributed by atoms with Crippen molar-refractivity contribution in [3.05, 3.63) is 23.0 Å². The van der Waals surface area contributed by atoms with Crippen molar-refractivity contribution in [2.24, 2.45) is 5.92 Å². The maximum atomic E-state index is 12.0. The average Bonchev–Trinajstić information content (AvgIpc) is 2.26. The van der Waals surface area contributed by atoms with Crippen molar-refractivity contribution in [3.63, 3.8) is 0 Å². The smallest absolute Gasteiger partial charge is 0.243 e. The molecule has 18 heavy (non-hydrogen) atoms. The van der Waals surface area contributed by atoms with Gasteiger partial charge in [-0.25, -0.2) is 18.1 Å². The number of aromatic nitrogens is 1. The van der Waals surface area contributed by atoms with Gasteiger partial charge in [-0.2, -0.15) is 0 Å². The minimum atomic E-state index is -3.59. The van der Waals surface area contributed by atoms with E-state index < -0.39 is 10.0 Å². The number of halogens is 1. The van der Waals surface area contributed by atoms with Crippen molar-refractivity contribution in [2.75, 3.05) is 20.1 Å². The van der Waals surface area contributed by atoms with Crippen molar-refractivity contribution in [2.45, 2.75) is 18.7 Å². The van der Waals surface area contributed by atoms with E-state index in [4.69, 9.17) is 11.6 Å². The van der Waals surface area contributed by atoms with E-state index in [-0.39, 0.29) is 16.0 Å². The summed E-state index contributed by atoms with van der Waals surface area (Å²) in [5.41, 5.74) is 0.683. The van der Waals surface area contributed by atoms with Gasteiger partial charge in [0.2, 0.25) is 10.0 Å². The molecule has 0 unspecified atom stereocenters. The van der Waals surface area contributed by atoms with Crippen LogP contribution < -0.4 is 10.0 Å². The molecule has 1 aromatic rings. The fourth-order valence-corrected chi connectivity index (χ4v) is 3.14. The molecule has 1 aromatic heterocycles. The number of rotatable bonds is 6. The van der Waals surface area contributed by atoms with Gasteiger partial charge in [0.15, 0.2) is 0 Å². The third kappa shape index (κ3) is 4.20. The van der Waals surface area contributed by atoms with Gasteiger partial charge in [0.1, 0.15) is 10.0 Å². The number of pyridine rings is 1. The van der Waals surface area contributed by atoms with E-state index >= 15 is 0 Å². The molecule has 0 aromatic carbocycles. The highest BCUT2D eigenvalue weighted by atomic mass is 35.5. The maximum Gasteiger partial charge on any atom is 0.243 e. The summed E-state index contributed by atoms with van der Waals surface area (Å²) in [5, 5.41) is 2.99. The second-order valence-electron chi connectivity index (χ2n) is 4.26. The fourth-order valence-electron chi connectivity index (χ4n) is 1.46. The van der Waals surface area contributed by atoms with Gasteiger partial charge in [-0.1, -0.05) is 18.5 Å². The molecule has 0 saturated heterocycles. The Morgan fingerprint density at radius 1 is 1.39 bits per heavy atom. The molecule has 7 heteroatoms. The van der Waals surface area contributed by atoms with Crippen molar-refractivity contribution < 1.29 is 8.42 Å². The number of nitrogens with zero attached hydrogens (tertiary/aromatic N) is 1. The molecule has 0 saturated carbocycles. The third-order valence-corrected chi connectivity index (χ3v) is 4.27. The minimum Gasteiger partial charge on any atom is -0.319 e. The van der Waals surface area contributed by atoms with Crippen molar-refractivity contribution in [3.8, 4) is 0 Å². The largest absolute Gasteiger partial charge is 0.319 e. The van der Waals surface area contributed by atoms with Gasteiger partial charge in [0.05, 0.1) is 0 Å². The van der Waals surface area contributed by atoms with E-state index in [1.807, 2.05) is 14.0 Å². The van der Waals surface area contributed by atoms with Gasteiger partial charge in [0.25, 0.3) is 0 Å². The molecule has 0 radical (unpaired) electrons. The molecule has 0 bridgehead atoms. The summed E-state index contributed by atoms with van der Waals surface area (Å²) in [6.07, 6.45) is 0. The topological polar surface area (TPSA) is 71.1 Å². The Morgan fingerprint density at radius 2 is 2.06 bits per heavy atom. The second-order valence-corrected chi connectivity index (χ2v) is 6.35. The summed E-state index contributed by atoms with van der Waals surface area (Å²) in [6, 6.07) is 3.09. The zero-order chi connectivity index (χ0) is 13.8. The van der Waals surface area contributed by atoms with Crippen LogP contribution >= 0.6 is 11.6 Å². The van der Waals surface area contributed by atoms with E-state index in [0.29, 0.717) is 12.2 Å². The Balaban J connectivity index is 2.80. The maximum absolute atomic E-state index is 12.0. The molecule has 102 valence electrons. The lowest BCUT2D eigenvalue weighted by atomic mass is 10.2. The van der Waals surface area contributed by atoms with E-state index in [1.165, 1.54) is 6.07 Å². The number of sulfonamides is 1. The highest BCUT2D eigenvalue weighted by Gasteiger charge is 2.19. The summed E-state index contributed by atoms with van der Waals surface area (Å²) < 4.78 is 26.6. The van der Waals surface area contributed by atoms with Crippen LogP contribution in [-0.2, 0) is 10.0 Å². The van der Waals surface area contributed by atoms with Gasteiger partial charge >= 0.3 is 0 Å². The van der Waals surface area contributed by atoms with E-state index in [2.05, 4.69) is 15.0 Å². The number of nitrogens with one attached hydrogen (secondary N) is 2. The summed E-state index contributed by atoms with van der Waals surface area (Å²) in [7, 11) is -1.77. The van der Waals surface area contributed by atoms with Crippen LogP contribution in [0.2, 0.25) is 5.15 Å². The molecule has 1 atom stereocenters. The van der Waals surface area contributed by atoms with Gasteiger partial charge in [-0.3, -0.25) is 0 Å². The zero-order valence-corrected chi connectivity index (χ0v) is 12.3. The minimum absolute atomic E-state index is 0.00349. The van der Waals surface area contributed by atoms with E-state index in [9.17, 15) is 8.42 Å². The molecule has 5 nitrogen and oxygen atoms in total. The standard InChI is InChI=1S/C11H18ClN3O2S/c1-8(6-13-3)7-14-18(16,17)10-5-4-9(2)15-11(10)12/h4-5,8,13-14H,6-7H2,1-3H3/t8-/m1/s1. The second kappa shape index (κ2) is 6.47. The normalized spacial score (nSPS) is 13.6. The van der Waals surface area contributed by atoms with Crippen molar-refractivity contribution in [1.29, 1.82) is 0 Å². The van der Waals surface area contributed by atoms with Gasteiger partial charge < -0.3 is 5.32 Å². The number of aryl methyl sites for hydroxylation is 1. The first-order chi connectivity index (χ1) is 8.36. The van der Waals surface area contributed by atoms with Crippen molar-refractivity contribution in [1.82, 2.24) is 15.0 Å². The molecule has 2 N–H and O–H groups in total. The molecule has 0 aliphatic rings. The Kier molecular flexibility index (Phi) is 5.52. The molecule has 0 aliphatic carbocycles. The van der Waals surface area contributed by atoms with Crippen LogP contribution in [0.4, 0.5) is 0 Å². The molecule has 0 amide bonds. The quantitative estimate of drug-likeness (QED) is 0.772. The lowest BCUT2D eigenvalue weighted by Crippen LogP contribution is -2.32. The van der Waals surface area contributed by atoms with Crippen LogP contribution in [0.5, 0.6) is 0 Å². The molecular formula is C11H18ClN3O2S. The summed E-state index contributed by atoms with van der Waals surface area (Å²) >= 11 is 5.85. The van der Waals surface area contributed by atoms with Crippen LogP contribution in [0, 0.1) is 12.8 Å². The first-order valence-corrected chi connectivity index (χ1v) is 7.50. The molecule has 0 spiro atoms. The monoisotopic (exact) mass is 291 g/mol. The predicted octanol–water partition coefficient (Wildman–Crippen LogP) is 1.18. The third-order valence-electron chi connectivity index (χ3n) is 2.42. The van der Waals surface area contributed by atoms with Crippen LogP contribution in [0.1, 0.15) is 12.6 Å². The molecule has 0 fully saturated rings. The van der Waals surface area contributed by atoms with Crippen LogP contribution in [0.25, 0.3) is 0 Å². The number of hydrogen-bond donors (Lipinski definition) is 2. The lowest BCUT2D eigenvalue weighted by molar-refractivity contribution is 0.519. The van der Waals surface area contributed by atoms with Gasteiger partial charge in [-0.15, -0.1) is 0 Å². The molecule has 0 aliphatic heterocycles. The summed E-state index contributed by atoms with van der Waals surface area (Å²) in [6.45, 7) is 4.80. The lowest BCUT2D eigenvalue weighted by Gasteiger charge is -2.13. The highest BCUT2D eigenvalue weighted by Crippen LogP contribution is 2.19. The Labute approximate surface area is 113 Å². The Bertz CT molecular complexity index is 505. The molecule has 1 rings (SSSR count).